The average molecular weight is 1480 g/mol. The van der Waals surface area contributed by atoms with Crippen molar-refractivity contribution in [1.29, 1.82) is 0 Å². The maximum atomic E-state index is 15.2. The molecular weight excluding hydrogens is 1380 g/mol. The molecule has 9 rings (SSSR count). The summed E-state index contributed by atoms with van der Waals surface area (Å²) in [5, 5.41) is 10.8. The number of cyclic esters (lactones) is 2. The lowest BCUT2D eigenvalue weighted by atomic mass is 9.83. The van der Waals surface area contributed by atoms with E-state index in [9.17, 15) is 62.3 Å². The molecular formula is C79H100N10O18. The van der Waals surface area contributed by atoms with E-state index in [1.54, 1.807) is 68.4 Å². The molecule has 2 saturated heterocycles. The van der Waals surface area contributed by atoms with Crippen LogP contribution in [0.2, 0.25) is 0 Å². The number of ketones is 4. The number of aromatic nitrogens is 1. The van der Waals surface area contributed by atoms with E-state index in [1.165, 1.54) is 89.1 Å². The lowest BCUT2D eigenvalue weighted by Crippen LogP contribution is -2.59. The molecule has 2 saturated carbocycles. The van der Waals surface area contributed by atoms with Crippen LogP contribution >= 0.6 is 0 Å². The normalized spacial score (nSPS) is 26.0. The highest BCUT2D eigenvalue weighted by Crippen LogP contribution is 2.39. The summed E-state index contributed by atoms with van der Waals surface area (Å²) >= 11 is 0. The largest absolute Gasteiger partial charge is 0.458 e. The van der Waals surface area contributed by atoms with Crippen LogP contribution in [0.15, 0.2) is 88.1 Å². The minimum atomic E-state index is -1.86. The average Bonchev–Trinajstić information content (AvgIpc) is 1.21. The van der Waals surface area contributed by atoms with Crippen molar-refractivity contribution in [2.45, 2.75) is 176 Å². The van der Waals surface area contributed by atoms with Crippen LogP contribution in [0, 0.1) is 61.2 Å². The van der Waals surface area contributed by atoms with Crippen molar-refractivity contribution in [3.63, 3.8) is 0 Å². The predicted octanol–water partition coefficient (Wildman–Crippen LogP) is 5.31. The number of hydrogen-bond acceptors (Lipinski definition) is 20. The van der Waals surface area contributed by atoms with Crippen molar-refractivity contribution in [3.8, 4) is 11.5 Å². The van der Waals surface area contributed by atoms with Gasteiger partial charge in [0, 0.05) is 68.9 Å². The molecule has 3 aliphatic heterocycles. The van der Waals surface area contributed by atoms with Gasteiger partial charge in [-0.25, -0.2) is 14.6 Å². The first-order valence-corrected chi connectivity index (χ1v) is 36.4. The van der Waals surface area contributed by atoms with Gasteiger partial charge in [0.25, 0.3) is 11.8 Å². The van der Waals surface area contributed by atoms with Gasteiger partial charge in [0.1, 0.15) is 47.6 Å². The van der Waals surface area contributed by atoms with E-state index in [2.05, 4.69) is 27.8 Å². The number of anilines is 1. The molecule has 4 aliphatic carbocycles. The van der Waals surface area contributed by atoms with Crippen LogP contribution in [0.1, 0.15) is 151 Å². The van der Waals surface area contributed by atoms with Crippen LogP contribution in [0.3, 0.4) is 0 Å². The minimum Gasteiger partial charge on any atom is -0.458 e. The molecule has 0 spiro atoms. The van der Waals surface area contributed by atoms with Crippen LogP contribution in [0.25, 0.3) is 22.6 Å². The molecule has 7 aliphatic rings. The van der Waals surface area contributed by atoms with Crippen molar-refractivity contribution in [2.24, 2.45) is 47.3 Å². The zero-order valence-corrected chi connectivity index (χ0v) is 63.7. The molecule has 3 heterocycles. The van der Waals surface area contributed by atoms with Crippen molar-refractivity contribution in [2.75, 3.05) is 47.0 Å². The zero-order chi connectivity index (χ0) is 79.2. The SMILES string of the molecule is C=CC(C1=CC(=O)C=CC1=O)c1ccccc1.Cc1c2oc3c(C)ccc(C(=O)NC4C(=O)NC(C(C)C)C(=O)C5CCCC5C(=O)N(C)CC(=O)N(C)C(C(C)C)C(=O)OC4C)c3nc-2c(C(=O)NC2C(=O)NC(C(C)C)C(=O)C3CCCC3C(=O)N(C)CC(=O)N(C)C(C(C)C)C(=O)OC2C)c(N)c1=O. The zero-order valence-electron chi connectivity index (χ0n) is 63.7. The molecule has 2 aromatic carbocycles. The number of likely N-dealkylation sites (N-methyl/N-ethyl adjacent to an activating group) is 4. The van der Waals surface area contributed by atoms with Crippen molar-refractivity contribution >= 4 is 99.1 Å². The van der Waals surface area contributed by atoms with E-state index in [1.807, 2.05) is 30.3 Å². The van der Waals surface area contributed by atoms with E-state index in [4.69, 9.17) is 24.6 Å². The van der Waals surface area contributed by atoms with Gasteiger partial charge in [0.15, 0.2) is 34.5 Å². The number of allylic oxidation sites excluding steroid dienone is 5. The number of ether oxygens (including phenoxy) is 2. The maximum absolute atomic E-state index is 15.2. The fourth-order valence-corrected chi connectivity index (χ4v) is 15.0. The number of nitrogen functional groups attached to an aromatic ring is 1. The number of rotatable bonds is 11. The Bertz CT molecular complexity index is 4310. The Hall–Kier alpha value is -10.5. The highest BCUT2D eigenvalue weighted by Gasteiger charge is 2.48. The fourth-order valence-electron chi connectivity index (χ4n) is 15.0. The van der Waals surface area contributed by atoms with Crippen molar-refractivity contribution in [1.82, 2.24) is 45.9 Å². The summed E-state index contributed by atoms with van der Waals surface area (Å²) < 4.78 is 18.3. The Morgan fingerprint density at radius 1 is 0.617 bits per heavy atom. The lowest BCUT2D eigenvalue weighted by molar-refractivity contribution is -0.163. The first-order valence-electron chi connectivity index (χ1n) is 36.4. The molecule has 0 bridgehead atoms. The number of carbonyl (C=O) groups is 14. The number of carbonyl (C=O) groups excluding carboxylic acids is 14. The molecule has 2 aromatic rings. The molecule has 28 nitrogen and oxygen atoms in total. The molecule has 4 fully saturated rings. The summed E-state index contributed by atoms with van der Waals surface area (Å²) in [5.41, 5.74) is 5.12. The predicted molar refractivity (Wildman–Crippen MR) is 394 cm³/mol. The Balaban J connectivity index is 0.000000741. The minimum absolute atomic E-state index is 0.0668. The monoisotopic (exact) mass is 1480 g/mol. The number of nitrogens with one attached hydrogen (secondary N) is 4. The third-order valence-electron chi connectivity index (χ3n) is 21.1. The van der Waals surface area contributed by atoms with E-state index < -0.39 is 196 Å². The molecule has 6 N–H and O–H groups in total. The van der Waals surface area contributed by atoms with Crippen LogP contribution in [-0.4, -0.2) is 197 Å². The van der Waals surface area contributed by atoms with Gasteiger partial charge in [0.2, 0.25) is 40.9 Å². The molecule has 574 valence electrons. The highest BCUT2D eigenvalue weighted by atomic mass is 16.6. The second-order valence-electron chi connectivity index (χ2n) is 30.1. The Morgan fingerprint density at radius 3 is 1.52 bits per heavy atom. The molecule has 28 heteroatoms. The maximum Gasteiger partial charge on any atom is 0.329 e. The van der Waals surface area contributed by atoms with Gasteiger partial charge < -0.3 is 60.5 Å². The van der Waals surface area contributed by atoms with Gasteiger partial charge in [0.05, 0.1) is 42.0 Å². The summed E-state index contributed by atoms with van der Waals surface area (Å²) in [6.07, 6.45) is 5.03. The molecule has 107 heavy (non-hydrogen) atoms. The third-order valence-corrected chi connectivity index (χ3v) is 21.1. The Kier molecular flexibility index (Phi) is 26.4. The van der Waals surface area contributed by atoms with E-state index in [-0.39, 0.29) is 51.2 Å². The molecule has 13 unspecified atom stereocenters. The van der Waals surface area contributed by atoms with E-state index in [0.29, 0.717) is 49.7 Å². The smallest absolute Gasteiger partial charge is 0.329 e. The number of Topliss-reactive ketones (excluding diaryl/α,β-unsaturated/α-hetero) is 2. The van der Waals surface area contributed by atoms with Gasteiger partial charge in [-0.05, 0) is 112 Å². The number of nitrogens with zero attached hydrogens (tertiary/aromatic N) is 5. The van der Waals surface area contributed by atoms with E-state index >= 15 is 9.59 Å². The van der Waals surface area contributed by atoms with E-state index in [0.717, 1.165) is 15.4 Å². The molecule has 0 aromatic heterocycles. The second-order valence-corrected chi connectivity index (χ2v) is 30.1. The standard InChI is InChI=1S/C64H88N10O16.C15H12O2/c1-27(2)44-53(78)35-19-17-21-37(35)61(84)71(13)25-40(75)73(15)50(29(5)6)63(86)88-33(11)46(59(82)67-44)69-57(80)39-24-23-31(9)55-48(39)66-49-42(43(65)52(77)32(10)56(49)90-55)58(81)70-47-34(12)89-64(87)51(30(7)8)74(16)41(76)26-72(14)62(85)38-22-18-20-36(38)54(79)45(28(3)4)68-60(47)83;1-2-13(11-6-4-3-5-7-11)14-10-12(16)8-9-15(14)17/h23-24,27-30,33-38,44-47,50-51H,17-22,25-26,65H2,1-16H3,(H,67,82)(H,68,83)(H,69,80)(H,70,81);2-10,13H,1H2. The second kappa shape index (κ2) is 34.4. The summed E-state index contributed by atoms with van der Waals surface area (Å²) in [7, 11) is 5.66. The van der Waals surface area contributed by atoms with Gasteiger partial charge in [-0.2, -0.15) is 0 Å². The van der Waals surface area contributed by atoms with Crippen LogP contribution in [-0.2, 0) is 67.0 Å². The van der Waals surface area contributed by atoms with Gasteiger partial charge in [-0.1, -0.05) is 111 Å². The number of hydrogen-bond donors (Lipinski definition) is 5. The van der Waals surface area contributed by atoms with Crippen molar-refractivity contribution < 1.29 is 81.0 Å². The molecule has 0 radical (unpaired) electrons. The van der Waals surface area contributed by atoms with Crippen LogP contribution < -0.4 is 32.4 Å². The Labute approximate surface area is 622 Å². The first-order chi connectivity index (χ1) is 50.3. The quantitative estimate of drug-likeness (QED) is 0.0418. The number of esters is 2. The highest BCUT2D eigenvalue weighted by molar-refractivity contribution is 6.18. The molecule has 13 atom stereocenters. The van der Waals surface area contributed by atoms with Gasteiger partial charge in [-0.3, -0.25) is 62.3 Å². The topological polar surface area (TPSA) is 388 Å². The number of benzene rings is 3. The summed E-state index contributed by atoms with van der Waals surface area (Å²) in [6, 6.07) is 3.83. The van der Waals surface area contributed by atoms with Crippen LogP contribution in [0.4, 0.5) is 5.69 Å². The first kappa shape index (κ1) is 82.1. The summed E-state index contributed by atoms with van der Waals surface area (Å²) in [4.78, 5) is 220. The fraction of sp³-hybridized carbons (Fsp3) is 0.519. The molecule has 8 amide bonds. The Morgan fingerprint density at radius 2 is 1.07 bits per heavy atom. The van der Waals surface area contributed by atoms with Crippen molar-refractivity contribution in [3.05, 3.63) is 117 Å². The lowest BCUT2D eigenvalue weighted by Gasteiger charge is -2.35. The van der Waals surface area contributed by atoms with Gasteiger partial charge >= 0.3 is 11.9 Å². The number of fused-ring (bicyclic) bond motifs is 4. The summed E-state index contributed by atoms with van der Waals surface area (Å²) in [6.45, 7) is 22.0. The van der Waals surface area contributed by atoms with Crippen LogP contribution in [0.5, 0.6) is 0 Å². The van der Waals surface area contributed by atoms with Gasteiger partial charge in [-0.15, -0.1) is 6.58 Å². The number of aryl methyl sites for hydroxylation is 1. The number of nitrogens with two attached hydrogens (primary N) is 1. The summed E-state index contributed by atoms with van der Waals surface area (Å²) in [5.74, 6) is -15.4. The number of amides is 8. The third kappa shape index (κ3) is 17.6.